The summed E-state index contributed by atoms with van der Waals surface area (Å²) in [4.78, 5) is 11.7. The van der Waals surface area contributed by atoms with Crippen molar-refractivity contribution in [3.05, 3.63) is 96.1 Å². The van der Waals surface area contributed by atoms with Crippen LogP contribution in [0.1, 0.15) is 25.0 Å². The predicted octanol–water partition coefficient (Wildman–Crippen LogP) is 7.07. The van der Waals surface area contributed by atoms with Crippen LogP contribution in [0.4, 0.5) is 0 Å². The van der Waals surface area contributed by atoms with Gasteiger partial charge in [-0.3, -0.25) is 0 Å². The van der Waals surface area contributed by atoms with E-state index < -0.39 is 5.97 Å². The summed E-state index contributed by atoms with van der Waals surface area (Å²) < 4.78 is 11.0. The average molecular weight is 413 g/mol. The van der Waals surface area contributed by atoms with Crippen LogP contribution in [-0.4, -0.2) is 12.6 Å². The van der Waals surface area contributed by atoms with E-state index >= 15 is 0 Å². The molecule has 0 radical (unpaired) electrons. The Hall–Kier alpha value is -3.59. The van der Waals surface area contributed by atoms with Crippen molar-refractivity contribution in [3.63, 3.8) is 0 Å². The van der Waals surface area contributed by atoms with Crippen molar-refractivity contribution in [1.82, 2.24) is 0 Å². The summed E-state index contributed by atoms with van der Waals surface area (Å²) >= 11 is 0. The second kappa shape index (κ2) is 9.48. The summed E-state index contributed by atoms with van der Waals surface area (Å²) in [5.41, 5.74) is 8.31. The van der Waals surface area contributed by atoms with Gasteiger partial charge in [0, 0.05) is 5.57 Å². The molecule has 3 nitrogen and oxygen atoms in total. The molecule has 0 aliphatic heterocycles. The van der Waals surface area contributed by atoms with Crippen LogP contribution in [0, 0.1) is 13.8 Å². The first-order valence-electron chi connectivity index (χ1n) is 10.2. The van der Waals surface area contributed by atoms with Crippen LogP contribution in [0.3, 0.4) is 0 Å². The molecule has 3 heteroatoms. The molecule has 158 valence electrons. The van der Waals surface area contributed by atoms with E-state index in [-0.39, 0.29) is 0 Å². The van der Waals surface area contributed by atoms with E-state index in [1.165, 1.54) is 16.7 Å². The quantitative estimate of drug-likeness (QED) is 0.180. The van der Waals surface area contributed by atoms with Crippen molar-refractivity contribution in [2.75, 3.05) is 6.61 Å². The highest BCUT2D eigenvalue weighted by Gasteiger charge is 2.10. The third-order valence-electron chi connectivity index (χ3n) is 4.95. The second-order valence-corrected chi connectivity index (χ2v) is 7.95. The zero-order chi connectivity index (χ0) is 22.5. The Morgan fingerprint density at radius 3 is 1.65 bits per heavy atom. The van der Waals surface area contributed by atoms with E-state index in [2.05, 4.69) is 51.3 Å². The summed E-state index contributed by atoms with van der Waals surface area (Å²) in [5.74, 6) is 0.932. The highest BCUT2D eigenvalue weighted by Crippen LogP contribution is 2.33. The van der Waals surface area contributed by atoms with Crippen molar-refractivity contribution in [2.24, 2.45) is 0 Å². The molecule has 0 fully saturated rings. The van der Waals surface area contributed by atoms with Crippen LogP contribution < -0.4 is 9.47 Å². The first-order valence-corrected chi connectivity index (χ1v) is 10.2. The van der Waals surface area contributed by atoms with Crippen LogP contribution in [0.2, 0.25) is 0 Å². The monoisotopic (exact) mass is 412 g/mol. The van der Waals surface area contributed by atoms with E-state index in [1.807, 2.05) is 43.3 Å². The summed E-state index contributed by atoms with van der Waals surface area (Å²) in [6.07, 6.45) is 0. The molecule has 0 aliphatic carbocycles. The van der Waals surface area contributed by atoms with Gasteiger partial charge in [0.15, 0.2) is 0 Å². The van der Waals surface area contributed by atoms with E-state index in [1.54, 1.807) is 6.92 Å². The number of ether oxygens (including phenoxy) is 2. The molecule has 0 aromatic heterocycles. The van der Waals surface area contributed by atoms with Crippen molar-refractivity contribution < 1.29 is 14.3 Å². The van der Waals surface area contributed by atoms with Gasteiger partial charge in [0.05, 0.1) is 0 Å². The Morgan fingerprint density at radius 1 is 0.774 bits per heavy atom. The molecule has 0 saturated heterocycles. The smallest absolute Gasteiger partial charge is 0.338 e. The molecule has 0 N–H and O–H groups in total. The molecular formula is C28H28O3. The lowest BCUT2D eigenvalue weighted by Gasteiger charge is -2.14. The molecular weight excluding hydrogens is 384 g/mol. The van der Waals surface area contributed by atoms with E-state index in [0.717, 1.165) is 28.0 Å². The van der Waals surface area contributed by atoms with Gasteiger partial charge in [0.1, 0.15) is 18.1 Å². The van der Waals surface area contributed by atoms with Gasteiger partial charge in [-0.1, -0.05) is 49.6 Å². The van der Waals surface area contributed by atoms with Crippen molar-refractivity contribution >= 4 is 5.97 Å². The first kappa shape index (κ1) is 22.1. The van der Waals surface area contributed by atoms with Gasteiger partial charge >= 0.3 is 5.97 Å². The lowest BCUT2D eigenvalue weighted by molar-refractivity contribution is -0.130. The fourth-order valence-electron chi connectivity index (χ4n) is 3.27. The lowest BCUT2D eigenvalue weighted by Crippen LogP contribution is -2.07. The molecule has 3 aromatic rings. The van der Waals surface area contributed by atoms with Gasteiger partial charge in [-0.2, -0.15) is 0 Å². The first-order chi connectivity index (χ1) is 14.7. The van der Waals surface area contributed by atoms with Gasteiger partial charge in [-0.25, -0.2) is 4.79 Å². The minimum absolute atomic E-state index is 0.376. The lowest BCUT2D eigenvalue weighted by atomic mass is 9.92. The average Bonchev–Trinajstić information content (AvgIpc) is 2.74. The third-order valence-corrected chi connectivity index (χ3v) is 4.95. The Labute approximate surface area is 184 Å². The molecule has 0 heterocycles. The minimum Gasteiger partial charge on any atom is -0.489 e. The molecule has 0 amide bonds. The van der Waals surface area contributed by atoms with Gasteiger partial charge < -0.3 is 9.47 Å². The number of esters is 1. The fourth-order valence-corrected chi connectivity index (χ4v) is 3.27. The molecule has 0 bridgehead atoms. The number of carbonyl (C=O) groups excluding carboxylic acids is 1. The SMILES string of the molecule is C=C(C)COc1ccc(-c2cc(C)c(-c3ccc(OC(=O)C(=C)C)cc3)cc2C)cc1. The number of benzene rings is 3. The fraction of sp³-hybridized carbons (Fsp3) is 0.179. The zero-order valence-corrected chi connectivity index (χ0v) is 18.6. The molecule has 0 unspecified atom stereocenters. The van der Waals surface area contributed by atoms with E-state index in [4.69, 9.17) is 9.47 Å². The second-order valence-electron chi connectivity index (χ2n) is 7.95. The van der Waals surface area contributed by atoms with Crippen LogP contribution in [-0.2, 0) is 4.79 Å². The molecule has 31 heavy (non-hydrogen) atoms. The molecule has 3 rings (SSSR count). The predicted molar refractivity (Wildman–Crippen MR) is 128 cm³/mol. The van der Waals surface area contributed by atoms with Crippen LogP contribution in [0.15, 0.2) is 85.0 Å². The maximum atomic E-state index is 11.7. The summed E-state index contributed by atoms with van der Waals surface area (Å²) in [6.45, 7) is 15.8. The van der Waals surface area contributed by atoms with Crippen LogP contribution in [0.5, 0.6) is 11.5 Å². The number of aryl methyl sites for hydroxylation is 2. The number of rotatable bonds is 7. The van der Waals surface area contributed by atoms with Crippen LogP contribution >= 0.6 is 0 Å². The third kappa shape index (κ3) is 5.52. The number of hydrogen-bond acceptors (Lipinski definition) is 3. The summed E-state index contributed by atoms with van der Waals surface area (Å²) in [7, 11) is 0. The summed E-state index contributed by atoms with van der Waals surface area (Å²) in [6, 6.07) is 20.1. The molecule has 0 aliphatic rings. The van der Waals surface area contributed by atoms with Crippen molar-refractivity contribution in [3.8, 4) is 33.8 Å². The minimum atomic E-state index is -0.417. The maximum absolute atomic E-state index is 11.7. The number of hydrogen-bond donors (Lipinski definition) is 0. The van der Waals surface area contributed by atoms with Gasteiger partial charge in [0.2, 0.25) is 0 Å². The number of carbonyl (C=O) groups is 1. The van der Waals surface area contributed by atoms with Gasteiger partial charge in [-0.05, 0) is 90.9 Å². The molecule has 0 saturated carbocycles. The molecule has 0 spiro atoms. The highest BCUT2D eigenvalue weighted by atomic mass is 16.5. The zero-order valence-electron chi connectivity index (χ0n) is 18.6. The standard InChI is InChI=1S/C28H28O3/c1-18(2)17-30-24-11-7-22(8-12-24)26-15-21(6)27(16-20(26)5)23-9-13-25(14-10-23)31-28(29)19(3)4/h7-16H,1,3,17H2,2,4-6H3. The molecule has 0 atom stereocenters. The van der Waals surface area contributed by atoms with Gasteiger partial charge in [0.25, 0.3) is 0 Å². The molecule has 3 aromatic carbocycles. The van der Waals surface area contributed by atoms with Crippen LogP contribution in [0.25, 0.3) is 22.3 Å². The maximum Gasteiger partial charge on any atom is 0.338 e. The highest BCUT2D eigenvalue weighted by molar-refractivity contribution is 5.88. The topological polar surface area (TPSA) is 35.5 Å². The Balaban J connectivity index is 1.82. The van der Waals surface area contributed by atoms with Crippen molar-refractivity contribution in [2.45, 2.75) is 27.7 Å². The van der Waals surface area contributed by atoms with E-state index in [0.29, 0.717) is 17.9 Å². The van der Waals surface area contributed by atoms with E-state index in [9.17, 15) is 4.79 Å². The van der Waals surface area contributed by atoms with Crippen molar-refractivity contribution in [1.29, 1.82) is 0 Å². The summed E-state index contributed by atoms with van der Waals surface area (Å²) in [5, 5.41) is 0. The van der Waals surface area contributed by atoms with Gasteiger partial charge in [-0.15, -0.1) is 0 Å². The normalized spacial score (nSPS) is 10.5. The Bertz CT molecular complexity index is 1120. The largest absolute Gasteiger partial charge is 0.489 e. The Kier molecular flexibility index (Phi) is 6.76. The Morgan fingerprint density at radius 2 is 1.23 bits per heavy atom.